The molecule has 102 valence electrons. The van der Waals surface area contributed by atoms with Crippen molar-refractivity contribution in [2.75, 3.05) is 43.6 Å². The predicted octanol–water partition coefficient (Wildman–Crippen LogP) is 2.26. The molecule has 0 spiro atoms. The number of aromatic nitrogens is 1. The molecule has 6 heteroatoms. The predicted molar refractivity (Wildman–Crippen MR) is 68.1 cm³/mol. The Morgan fingerprint density at radius 1 is 1.33 bits per heavy atom. The molecule has 0 amide bonds. The number of hydrogen-bond acceptors (Lipinski definition) is 4. The molecule has 1 aromatic rings. The van der Waals surface area contributed by atoms with Crippen LogP contribution in [0.4, 0.5) is 20.4 Å². The van der Waals surface area contributed by atoms with Gasteiger partial charge in [0.15, 0.2) is 23.3 Å². The third-order valence-electron chi connectivity index (χ3n) is 2.39. The second-order valence-corrected chi connectivity index (χ2v) is 3.77. The average molecular weight is 259 g/mol. The van der Waals surface area contributed by atoms with Crippen molar-refractivity contribution in [3.05, 3.63) is 17.7 Å². The highest BCUT2D eigenvalue weighted by Gasteiger charge is 2.14. The van der Waals surface area contributed by atoms with E-state index in [-0.39, 0.29) is 11.6 Å². The van der Waals surface area contributed by atoms with Crippen LogP contribution in [0.2, 0.25) is 0 Å². The molecular formula is C12H19F2N3O. The second kappa shape index (κ2) is 7.10. The van der Waals surface area contributed by atoms with Gasteiger partial charge in [0.05, 0.1) is 6.61 Å². The molecule has 0 saturated carbocycles. The van der Waals surface area contributed by atoms with Crippen molar-refractivity contribution in [2.24, 2.45) is 0 Å². The normalized spacial score (nSPS) is 10.5. The maximum absolute atomic E-state index is 13.6. The third-order valence-corrected chi connectivity index (χ3v) is 2.39. The van der Waals surface area contributed by atoms with E-state index in [1.807, 2.05) is 13.8 Å². The molecule has 18 heavy (non-hydrogen) atoms. The summed E-state index contributed by atoms with van der Waals surface area (Å²) in [5.41, 5.74) is 0. The van der Waals surface area contributed by atoms with Crippen LogP contribution >= 0.6 is 0 Å². The van der Waals surface area contributed by atoms with Crippen molar-refractivity contribution in [3.63, 3.8) is 0 Å². The molecule has 1 heterocycles. The minimum Gasteiger partial charge on any atom is -0.380 e. The van der Waals surface area contributed by atoms with Gasteiger partial charge in [-0.2, -0.15) is 0 Å². The van der Waals surface area contributed by atoms with Gasteiger partial charge in [0.25, 0.3) is 0 Å². The molecule has 0 fully saturated rings. The quantitative estimate of drug-likeness (QED) is 0.762. The summed E-state index contributed by atoms with van der Waals surface area (Å²) in [6, 6.07) is 0.845. The first-order valence-electron chi connectivity index (χ1n) is 5.98. The molecule has 4 nitrogen and oxygen atoms in total. The van der Waals surface area contributed by atoms with Crippen molar-refractivity contribution in [1.82, 2.24) is 4.98 Å². The largest absolute Gasteiger partial charge is 0.380 e. The van der Waals surface area contributed by atoms with Crippen molar-refractivity contribution < 1.29 is 13.5 Å². The molecule has 0 aromatic carbocycles. The molecule has 0 aliphatic rings. The van der Waals surface area contributed by atoms with Gasteiger partial charge in [0, 0.05) is 32.8 Å². The lowest BCUT2D eigenvalue weighted by molar-refractivity contribution is 0.154. The lowest BCUT2D eigenvalue weighted by Gasteiger charge is -2.19. The van der Waals surface area contributed by atoms with Crippen molar-refractivity contribution in [1.29, 1.82) is 0 Å². The summed E-state index contributed by atoms with van der Waals surface area (Å²) in [5, 5.41) is 2.75. The van der Waals surface area contributed by atoms with Gasteiger partial charge < -0.3 is 15.0 Å². The number of rotatable bonds is 7. The van der Waals surface area contributed by atoms with Gasteiger partial charge in [-0.15, -0.1) is 0 Å². The van der Waals surface area contributed by atoms with E-state index >= 15 is 0 Å². The van der Waals surface area contributed by atoms with E-state index in [1.54, 1.807) is 11.9 Å². The maximum Gasteiger partial charge on any atom is 0.168 e. The Bertz CT molecular complexity index is 388. The van der Waals surface area contributed by atoms with E-state index in [0.717, 1.165) is 6.07 Å². The SMILES string of the molecule is CCNc1nc(N(C)CCOCC)c(F)cc1F. The molecule has 1 aromatic heterocycles. The highest BCUT2D eigenvalue weighted by Crippen LogP contribution is 2.21. The zero-order chi connectivity index (χ0) is 13.5. The van der Waals surface area contributed by atoms with Gasteiger partial charge in [-0.1, -0.05) is 0 Å². The first-order valence-corrected chi connectivity index (χ1v) is 5.98. The Morgan fingerprint density at radius 2 is 2.06 bits per heavy atom. The number of nitrogens with zero attached hydrogens (tertiary/aromatic N) is 2. The number of likely N-dealkylation sites (N-methyl/N-ethyl adjacent to an activating group) is 1. The van der Waals surface area contributed by atoms with Crippen molar-refractivity contribution >= 4 is 11.6 Å². The van der Waals surface area contributed by atoms with Crippen molar-refractivity contribution in [2.45, 2.75) is 13.8 Å². The van der Waals surface area contributed by atoms with Gasteiger partial charge in [-0.25, -0.2) is 13.8 Å². The number of hydrogen-bond donors (Lipinski definition) is 1. The second-order valence-electron chi connectivity index (χ2n) is 3.77. The van der Waals surface area contributed by atoms with E-state index in [0.29, 0.717) is 26.3 Å². The highest BCUT2D eigenvalue weighted by molar-refractivity contribution is 5.48. The summed E-state index contributed by atoms with van der Waals surface area (Å²) in [7, 11) is 1.69. The summed E-state index contributed by atoms with van der Waals surface area (Å²) >= 11 is 0. The highest BCUT2D eigenvalue weighted by atomic mass is 19.1. The van der Waals surface area contributed by atoms with Crippen LogP contribution in [-0.4, -0.2) is 38.3 Å². The van der Waals surface area contributed by atoms with Crippen LogP contribution in [0.1, 0.15) is 13.8 Å². The topological polar surface area (TPSA) is 37.4 Å². The molecule has 1 N–H and O–H groups in total. The Labute approximate surface area is 106 Å². The zero-order valence-corrected chi connectivity index (χ0v) is 11.0. The van der Waals surface area contributed by atoms with Gasteiger partial charge in [-0.05, 0) is 13.8 Å². The smallest absolute Gasteiger partial charge is 0.168 e. The summed E-state index contributed by atoms with van der Waals surface area (Å²) in [6.07, 6.45) is 0. The summed E-state index contributed by atoms with van der Waals surface area (Å²) in [5.74, 6) is -1.17. The van der Waals surface area contributed by atoms with Gasteiger partial charge in [-0.3, -0.25) is 0 Å². The molecule has 0 saturated heterocycles. The maximum atomic E-state index is 13.6. The fourth-order valence-corrected chi connectivity index (χ4v) is 1.47. The van der Waals surface area contributed by atoms with Gasteiger partial charge in [0.2, 0.25) is 0 Å². The first kappa shape index (κ1) is 14.6. The summed E-state index contributed by atoms with van der Waals surface area (Å²) in [4.78, 5) is 5.55. The lowest BCUT2D eigenvalue weighted by atomic mass is 10.3. The Hall–Kier alpha value is -1.43. The van der Waals surface area contributed by atoms with Crippen LogP contribution in [0, 0.1) is 11.6 Å². The molecule has 0 radical (unpaired) electrons. The lowest BCUT2D eigenvalue weighted by Crippen LogP contribution is -2.25. The fourth-order valence-electron chi connectivity index (χ4n) is 1.47. The standard InChI is InChI=1S/C12H19F2N3O/c1-4-15-11-9(13)8-10(14)12(16-11)17(3)6-7-18-5-2/h8H,4-7H2,1-3H3,(H,15,16). The molecule has 1 rings (SSSR count). The van der Waals surface area contributed by atoms with Crippen LogP contribution in [-0.2, 0) is 4.74 Å². The molecule has 0 bridgehead atoms. The van der Waals surface area contributed by atoms with Gasteiger partial charge >= 0.3 is 0 Å². The minimum absolute atomic E-state index is 0.0668. The number of halogens is 2. The van der Waals surface area contributed by atoms with E-state index in [1.165, 1.54) is 0 Å². The van der Waals surface area contributed by atoms with E-state index in [9.17, 15) is 8.78 Å². The van der Waals surface area contributed by atoms with Crippen LogP contribution < -0.4 is 10.2 Å². The van der Waals surface area contributed by atoms with Crippen LogP contribution in [0.3, 0.4) is 0 Å². The molecule has 0 atom stereocenters. The average Bonchev–Trinajstić information content (AvgIpc) is 2.33. The fraction of sp³-hybridized carbons (Fsp3) is 0.583. The number of ether oxygens (including phenoxy) is 1. The minimum atomic E-state index is -0.684. The van der Waals surface area contributed by atoms with Gasteiger partial charge in [0.1, 0.15) is 0 Å². The monoisotopic (exact) mass is 259 g/mol. The summed E-state index contributed by atoms with van der Waals surface area (Å²) in [6.45, 7) is 5.81. The Kier molecular flexibility index (Phi) is 5.77. The van der Waals surface area contributed by atoms with Crippen LogP contribution in [0.15, 0.2) is 6.07 Å². The molecule has 0 unspecified atom stereocenters. The first-order chi connectivity index (χ1) is 8.60. The zero-order valence-electron chi connectivity index (χ0n) is 11.0. The Balaban J connectivity index is 2.83. The summed E-state index contributed by atoms with van der Waals surface area (Å²) < 4.78 is 32.2. The van der Waals surface area contributed by atoms with Crippen LogP contribution in [0.25, 0.3) is 0 Å². The molecule has 0 aliphatic heterocycles. The van der Waals surface area contributed by atoms with Crippen molar-refractivity contribution in [3.8, 4) is 0 Å². The number of anilines is 2. The number of nitrogens with one attached hydrogen (secondary N) is 1. The number of pyridine rings is 1. The van der Waals surface area contributed by atoms with E-state index in [2.05, 4.69) is 10.3 Å². The molecule has 0 aliphatic carbocycles. The third kappa shape index (κ3) is 3.80. The van der Waals surface area contributed by atoms with E-state index < -0.39 is 11.6 Å². The van der Waals surface area contributed by atoms with E-state index in [4.69, 9.17) is 4.74 Å². The Morgan fingerprint density at radius 3 is 2.67 bits per heavy atom. The van der Waals surface area contributed by atoms with Crippen LogP contribution in [0.5, 0.6) is 0 Å². The molecular weight excluding hydrogens is 240 g/mol.